The van der Waals surface area contributed by atoms with Crippen LogP contribution in [0.2, 0.25) is 0 Å². The van der Waals surface area contributed by atoms with Crippen LogP contribution in [0.4, 0.5) is 10.5 Å². The Kier molecular flexibility index (Phi) is 2.73. The zero-order valence-corrected chi connectivity index (χ0v) is 10.5. The van der Waals surface area contributed by atoms with E-state index in [1.165, 1.54) is 23.2 Å². The fraction of sp³-hybridized carbons (Fsp3) is 0.417. The smallest absolute Gasteiger partial charge is 0.407 e. The van der Waals surface area contributed by atoms with E-state index >= 15 is 0 Å². The zero-order valence-electron chi connectivity index (χ0n) is 10.5. The molecule has 3 rings (SSSR count). The number of aromatic nitrogens is 2. The van der Waals surface area contributed by atoms with Crippen molar-refractivity contribution in [1.82, 2.24) is 14.9 Å². The fourth-order valence-electron chi connectivity index (χ4n) is 2.48. The van der Waals surface area contributed by atoms with E-state index in [4.69, 9.17) is 9.84 Å². The van der Waals surface area contributed by atoms with Gasteiger partial charge in [0.25, 0.3) is 0 Å². The number of nitrogens with zero attached hydrogens (tertiary/aromatic N) is 4. The van der Waals surface area contributed by atoms with Gasteiger partial charge in [0.05, 0.1) is 25.2 Å². The van der Waals surface area contributed by atoms with Crippen LogP contribution in [0.25, 0.3) is 0 Å². The van der Waals surface area contributed by atoms with Gasteiger partial charge in [-0.15, -0.1) is 0 Å². The molecule has 0 bridgehead atoms. The van der Waals surface area contributed by atoms with Gasteiger partial charge in [-0.25, -0.2) is 14.8 Å². The average molecular weight is 262 g/mol. The molecule has 1 aromatic heterocycles. The number of amides is 1. The summed E-state index contributed by atoms with van der Waals surface area (Å²) in [6.45, 7) is 2.51. The highest BCUT2D eigenvalue weighted by molar-refractivity contribution is 5.68. The van der Waals surface area contributed by atoms with Crippen molar-refractivity contribution in [1.29, 1.82) is 0 Å². The second-order valence-electron chi connectivity index (χ2n) is 4.63. The minimum atomic E-state index is -0.853. The molecule has 0 saturated carbocycles. The van der Waals surface area contributed by atoms with Crippen LogP contribution in [0.5, 0.6) is 6.01 Å². The van der Waals surface area contributed by atoms with E-state index in [1.54, 1.807) is 12.4 Å². The van der Waals surface area contributed by atoms with Gasteiger partial charge in [-0.1, -0.05) is 0 Å². The summed E-state index contributed by atoms with van der Waals surface area (Å²) in [6.07, 6.45) is 2.60. The summed E-state index contributed by atoms with van der Waals surface area (Å²) >= 11 is 0. The first-order valence-electron chi connectivity index (χ1n) is 5.96. The van der Waals surface area contributed by atoms with Crippen molar-refractivity contribution in [3.05, 3.63) is 23.5 Å². The maximum absolute atomic E-state index is 10.9. The first-order valence-corrected chi connectivity index (χ1v) is 5.96. The van der Waals surface area contributed by atoms with Crippen molar-refractivity contribution < 1.29 is 14.6 Å². The van der Waals surface area contributed by atoms with Gasteiger partial charge in [0.1, 0.15) is 0 Å². The van der Waals surface area contributed by atoms with Crippen LogP contribution >= 0.6 is 0 Å². The van der Waals surface area contributed by atoms with E-state index in [2.05, 4.69) is 14.9 Å². The summed E-state index contributed by atoms with van der Waals surface area (Å²) in [6, 6.07) is 0.348. The Hall–Kier alpha value is -2.31. The molecule has 0 unspecified atom stereocenters. The lowest BCUT2D eigenvalue weighted by molar-refractivity contribution is 0.156. The third kappa shape index (κ3) is 2.07. The maximum Gasteiger partial charge on any atom is 0.407 e. The van der Waals surface area contributed by atoms with Gasteiger partial charge in [0.2, 0.25) is 0 Å². The molecule has 7 nitrogen and oxygen atoms in total. The van der Waals surface area contributed by atoms with Crippen LogP contribution < -0.4 is 9.64 Å². The Morgan fingerprint density at radius 2 is 1.79 bits per heavy atom. The Morgan fingerprint density at radius 3 is 2.26 bits per heavy atom. The van der Waals surface area contributed by atoms with Gasteiger partial charge in [-0.05, 0) is 11.1 Å². The monoisotopic (exact) mass is 262 g/mol. The number of carbonyl (C=O) groups is 1. The topological polar surface area (TPSA) is 78.8 Å². The maximum atomic E-state index is 10.9. The number of hydrogen-bond donors (Lipinski definition) is 1. The van der Waals surface area contributed by atoms with E-state index in [1.807, 2.05) is 0 Å². The number of methoxy groups -OCH3 is 1. The Balaban J connectivity index is 1.67. The lowest BCUT2D eigenvalue weighted by Gasteiger charge is -2.22. The van der Waals surface area contributed by atoms with Crippen molar-refractivity contribution >= 4 is 11.8 Å². The third-order valence-corrected chi connectivity index (χ3v) is 3.46. The quantitative estimate of drug-likeness (QED) is 0.786. The van der Waals surface area contributed by atoms with Gasteiger partial charge in [-0.2, -0.15) is 0 Å². The Labute approximate surface area is 110 Å². The summed E-state index contributed by atoms with van der Waals surface area (Å²) in [5.74, 6) is 0. The van der Waals surface area contributed by atoms with E-state index in [0.717, 1.165) is 18.8 Å². The number of rotatable bonds is 2. The van der Waals surface area contributed by atoms with Crippen molar-refractivity contribution in [2.75, 3.05) is 38.2 Å². The van der Waals surface area contributed by atoms with Crippen molar-refractivity contribution in [3.63, 3.8) is 0 Å². The van der Waals surface area contributed by atoms with E-state index in [0.29, 0.717) is 19.1 Å². The predicted octanol–water partition coefficient (Wildman–Crippen LogP) is 0.595. The fourth-order valence-corrected chi connectivity index (χ4v) is 2.48. The molecule has 0 fully saturated rings. The third-order valence-electron chi connectivity index (χ3n) is 3.46. The van der Waals surface area contributed by atoms with Crippen molar-refractivity contribution in [2.24, 2.45) is 0 Å². The lowest BCUT2D eigenvalue weighted by Crippen LogP contribution is -2.33. The molecule has 1 aromatic rings. The summed E-state index contributed by atoms with van der Waals surface area (Å²) < 4.78 is 4.92. The number of carboxylic acid groups (broad SMARTS) is 1. The number of ether oxygens (including phenoxy) is 1. The second-order valence-corrected chi connectivity index (χ2v) is 4.63. The molecular formula is C12H14N4O3. The van der Waals surface area contributed by atoms with Crippen LogP contribution in [-0.2, 0) is 0 Å². The van der Waals surface area contributed by atoms with E-state index < -0.39 is 6.09 Å². The van der Waals surface area contributed by atoms with Gasteiger partial charge < -0.3 is 19.6 Å². The molecule has 0 saturated heterocycles. The summed E-state index contributed by atoms with van der Waals surface area (Å²) in [5, 5.41) is 8.96. The predicted molar refractivity (Wildman–Crippen MR) is 67.4 cm³/mol. The molecule has 7 heteroatoms. The zero-order chi connectivity index (χ0) is 13.4. The lowest BCUT2D eigenvalue weighted by atomic mass is 10.2. The first kappa shape index (κ1) is 11.8. The largest absolute Gasteiger partial charge is 0.467 e. The molecule has 3 heterocycles. The molecule has 0 aromatic carbocycles. The van der Waals surface area contributed by atoms with Crippen LogP contribution in [-0.4, -0.2) is 59.4 Å². The molecule has 19 heavy (non-hydrogen) atoms. The van der Waals surface area contributed by atoms with E-state index in [-0.39, 0.29) is 0 Å². The molecule has 0 radical (unpaired) electrons. The minimum Gasteiger partial charge on any atom is -0.467 e. The molecule has 2 aliphatic heterocycles. The second kappa shape index (κ2) is 4.42. The number of hydrogen-bond acceptors (Lipinski definition) is 5. The molecule has 0 atom stereocenters. The van der Waals surface area contributed by atoms with Crippen LogP contribution in [0.15, 0.2) is 23.5 Å². The highest BCUT2D eigenvalue weighted by atomic mass is 16.5. The molecular weight excluding hydrogens is 248 g/mol. The first-order chi connectivity index (χ1) is 9.17. The molecule has 0 aliphatic carbocycles. The Morgan fingerprint density at radius 1 is 1.21 bits per heavy atom. The highest BCUT2D eigenvalue weighted by Gasteiger charge is 2.32. The summed E-state index contributed by atoms with van der Waals surface area (Å²) in [4.78, 5) is 22.6. The number of anilines is 1. The minimum absolute atomic E-state index is 0.348. The summed E-state index contributed by atoms with van der Waals surface area (Å²) in [7, 11) is 1.53. The highest BCUT2D eigenvalue weighted by Crippen LogP contribution is 2.29. The molecule has 0 spiro atoms. The molecule has 100 valence electrons. The SMILES string of the molecule is COc1ncc(N2CC3=C(CN(C(=O)O)C3)C2)cn1. The van der Waals surface area contributed by atoms with Crippen molar-refractivity contribution in [2.45, 2.75) is 0 Å². The summed E-state index contributed by atoms with van der Waals surface area (Å²) in [5.41, 5.74) is 3.31. The van der Waals surface area contributed by atoms with Crippen molar-refractivity contribution in [3.8, 4) is 6.01 Å². The average Bonchev–Trinajstić information content (AvgIpc) is 2.97. The standard InChI is InChI=1S/C12H14N4O3/c1-19-11-13-2-10(3-14-11)15-4-8-6-16(12(17)18)7-9(8)5-15/h2-3H,4-7H2,1H3,(H,17,18). The van der Waals surface area contributed by atoms with Crippen LogP contribution in [0.1, 0.15) is 0 Å². The normalized spacial score (nSPS) is 17.9. The van der Waals surface area contributed by atoms with Gasteiger partial charge in [0.15, 0.2) is 0 Å². The molecule has 1 N–H and O–H groups in total. The molecule has 1 amide bonds. The van der Waals surface area contributed by atoms with Crippen LogP contribution in [0, 0.1) is 0 Å². The van der Waals surface area contributed by atoms with Gasteiger partial charge >= 0.3 is 12.1 Å². The van der Waals surface area contributed by atoms with E-state index in [9.17, 15) is 4.79 Å². The van der Waals surface area contributed by atoms with Gasteiger partial charge in [-0.3, -0.25) is 0 Å². The molecule has 2 aliphatic rings. The van der Waals surface area contributed by atoms with Crippen LogP contribution in [0.3, 0.4) is 0 Å². The van der Waals surface area contributed by atoms with Gasteiger partial charge in [0, 0.05) is 26.2 Å². The Bertz CT molecular complexity index is 522.